The molecule has 0 aliphatic rings. The number of hydrogen-bond acceptors (Lipinski definition) is 4. The van der Waals surface area contributed by atoms with E-state index in [9.17, 15) is 9.59 Å². The quantitative estimate of drug-likeness (QED) is 0.745. The van der Waals surface area contributed by atoms with Crippen LogP contribution >= 0.6 is 0 Å². The first kappa shape index (κ1) is 20.2. The van der Waals surface area contributed by atoms with Gasteiger partial charge in [-0.05, 0) is 30.5 Å². The van der Waals surface area contributed by atoms with E-state index < -0.39 is 23.9 Å². The third kappa shape index (κ3) is 5.18. The van der Waals surface area contributed by atoms with E-state index in [-0.39, 0.29) is 5.92 Å². The van der Waals surface area contributed by atoms with Crippen molar-refractivity contribution in [3.05, 3.63) is 65.7 Å². The van der Waals surface area contributed by atoms with E-state index in [1.54, 1.807) is 24.3 Å². The van der Waals surface area contributed by atoms with E-state index in [0.29, 0.717) is 11.3 Å². The van der Waals surface area contributed by atoms with Crippen molar-refractivity contribution in [1.29, 1.82) is 5.26 Å². The Balaban J connectivity index is 2.10. The zero-order valence-electron chi connectivity index (χ0n) is 15.8. The Morgan fingerprint density at radius 1 is 1.07 bits per heavy atom. The maximum Gasteiger partial charge on any atom is 0.314 e. The molecule has 0 radical (unpaired) electrons. The molecule has 5 heteroatoms. The Labute approximate surface area is 160 Å². The molecule has 0 aromatic heterocycles. The zero-order valence-corrected chi connectivity index (χ0v) is 15.8. The zero-order chi connectivity index (χ0) is 19.8. The first-order chi connectivity index (χ1) is 13.0. The summed E-state index contributed by atoms with van der Waals surface area (Å²) in [5, 5.41) is 11.8. The summed E-state index contributed by atoms with van der Waals surface area (Å²) in [6.45, 7) is 5.54. The molecule has 0 aliphatic heterocycles. The summed E-state index contributed by atoms with van der Waals surface area (Å²) in [6, 6.07) is 18.2. The van der Waals surface area contributed by atoms with Gasteiger partial charge in [-0.3, -0.25) is 9.59 Å². The molecule has 0 spiro atoms. The third-order valence-electron chi connectivity index (χ3n) is 4.59. The number of nitrogens with zero attached hydrogens (tertiary/aromatic N) is 1. The van der Waals surface area contributed by atoms with Crippen molar-refractivity contribution < 1.29 is 14.3 Å². The number of esters is 1. The second-order valence-electron chi connectivity index (χ2n) is 6.50. The molecule has 2 aromatic carbocycles. The molecule has 0 bridgehead atoms. The summed E-state index contributed by atoms with van der Waals surface area (Å²) in [4.78, 5) is 25.2. The lowest BCUT2D eigenvalue weighted by atomic mass is 9.85. The molecule has 2 rings (SSSR count). The van der Waals surface area contributed by atoms with Crippen molar-refractivity contribution >= 4 is 17.6 Å². The van der Waals surface area contributed by atoms with E-state index in [1.165, 1.54) is 6.92 Å². The number of carbonyl (C=O) groups excluding carboxylic acids is 2. The van der Waals surface area contributed by atoms with Gasteiger partial charge in [0.2, 0.25) is 0 Å². The van der Waals surface area contributed by atoms with Crippen LogP contribution in [0.15, 0.2) is 54.6 Å². The summed E-state index contributed by atoms with van der Waals surface area (Å²) in [5.74, 6) is -1.25. The number of nitriles is 1. The summed E-state index contributed by atoms with van der Waals surface area (Å²) < 4.78 is 5.46. The molecule has 1 amide bonds. The normalized spacial score (nSPS) is 13.7. The van der Waals surface area contributed by atoms with Gasteiger partial charge < -0.3 is 10.1 Å². The fourth-order valence-corrected chi connectivity index (χ4v) is 2.82. The second-order valence-corrected chi connectivity index (χ2v) is 6.50. The average molecular weight is 364 g/mol. The second kappa shape index (κ2) is 9.54. The van der Waals surface area contributed by atoms with Gasteiger partial charge in [-0.1, -0.05) is 62.7 Å². The lowest BCUT2D eigenvalue weighted by Crippen LogP contribution is -2.33. The van der Waals surface area contributed by atoms with Crippen LogP contribution in [-0.4, -0.2) is 18.0 Å². The highest BCUT2D eigenvalue weighted by Crippen LogP contribution is 2.28. The summed E-state index contributed by atoms with van der Waals surface area (Å²) in [7, 11) is 0. The van der Waals surface area contributed by atoms with Crippen molar-refractivity contribution in [3.8, 4) is 6.07 Å². The Hall–Kier alpha value is -3.13. The highest BCUT2D eigenvalue weighted by atomic mass is 16.5. The summed E-state index contributed by atoms with van der Waals surface area (Å²) in [5.41, 5.74) is 1.62. The number of para-hydroxylation sites is 1. The van der Waals surface area contributed by atoms with Crippen LogP contribution in [0.1, 0.15) is 44.2 Å². The molecule has 2 aromatic rings. The topological polar surface area (TPSA) is 79.2 Å². The predicted molar refractivity (Wildman–Crippen MR) is 104 cm³/mol. The lowest BCUT2D eigenvalue weighted by Gasteiger charge is -2.24. The maximum atomic E-state index is 12.8. The maximum absolute atomic E-state index is 12.8. The fraction of sp³-hybridized carbons (Fsp3) is 0.318. The number of anilines is 1. The number of benzene rings is 2. The molecule has 0 saturated carbocycles. The van der Waals surface area contributed by atoms with Crippen LogP contribution < -0.4 is 5.32 Å². The Kier molecular flexibility index (Phi) is 7.13. The highest BCUT2D eigenvalue weighted by Gasteiger charge is 2.30. The lowest BCUT2D eigenvalue weighted by molar-refractivity contribution is -0.155. The first-order valence-corrected chi connectivity index (χ1v) is 9.03. The number of ether oxygens (including phenoxy) is 1. The number of nitrogens with one attached hydrogen (secondary N) is 1. The van der Waals surface area contributed by atoms with Crippen LogP contribution in [0.3, 0.4) is 0 Å². The van der Waals surface area contributed by atoms with E-state index in [0.717, 1.165) is 12.0 Å². The van der Waals surface area contributed by atoms with Crippen molar-refractivity contribution in [2.24, 2.45) is 5.92 Å². The molecule has 3 atom stereocenters. The molecule has 0 fully saturated rings. The third-order valence-corrected chi connectivity index (χ3v) is 4.59. The molecular formula is C22H24N2O3. The molecule has 0 aliphatic carbocycles. The van der Waals surface area contributed by atoms with Crippen LogP contribution in [-0.2, 0) is 14.3 Å². The van der Waals surface area contributed by atoms with Gasteiger partial charge in [0.05, 0.1) is 17.2 Å². The van der Waals surface area contributed by atoms with Gasteiger partial charge in [0, 0.05) is 0 Å². The van der Waals surface area contributed by atoms with Crippen molar-refractivity contribution in [2.75, 3.05) is 5.32 Å². The van der Waals surface area contributed by atoms with E-state index in [2.05, 4.69) is 5.32 Å². The minimum absolute atomic E-state index is 0.0782. The largest absolute Gasteiger partial charge is 0.452 e. The van der Waals surface area contributed by atoms with Gasteiger partial charge in [-0.25, -0.2) is 0 Å². The predicted octanol–water partition coefficient (Wildman–Crippen LogP) is 4.26. The van der Waals surface area contributed by atoms with Crippen LogP contribution in [0, 0.1) is 17.2 Å². The number of rotatable bonds is 7. The monoisotopic (exact) mass is 364 g/mol. The smallest absolute Gasteiger partial charge is 0.314 e. The minimum Gasteiger partial charge on any atom is -0.452 e. The van der Waals surface area contributed by atoms with Gasteiger partial charge in [0.25, 0.3) is 5.91 Å². The summed E-state index contributed by atoms with van der Waals surface area (Å²) >= 11 is 0. The van der Waals surface area contributed by atoms with Crippen molar-refractivity contribution in [2.45, 2.75) is 39.2 Å². The van der Waals surface area contributed by atoms with Gasteiger partial charge in [-0.2, -0.15) is 5.26 Å². The van der Waals surface area contributed by atoms with Crippen molar-refractivity contribution in [3.63, 3.8) is 0 Å². The van der Waals surface area contributed by atoms with Crippen molar-refractivity contribution in [1.82, 2.24) is 0 Å². The first-order valence-electron chi connectivity index (χ1n) is 9.03. The number of amides is 1. The van der Waals surface area contributed by atoms with E-state index in [4.69, 9.17) is 10.00 Å². The van der Waals surface area contributed by atoms with Gasteiger partial charge in [0.15, 0.2) is 6.10 Å². The molecule has 140 valence electrons. The molecule has 27 heavy (non-hydrogen) atoms. The van der Waals surface area contributed by atoms with Crippen LogP contribution in [0.5, 0.6) is 0 Å². The van der Waals surface area contributed by atoms with Crippen LogP contribution in [0.25, 0.3) is 0 Å². The van der Waals surface area contributed by atoms with E-state index in [1.807, 2.05) is 50.2 Å². The summed E-state index contributed by atoms with van der Waals surface area (Å²) in [6.07, 6.45) is -0.162. The molecular weight excluding hydrogens is 340 g/mol. The standard InChI is InChI=1S/C22H24N2O3/c1-4-15(2)20(17-10-6-5-7-11-17)22(26)27-16(3)21(25)24-19-13-9-8-12-18(19)14-23/h5-13,15-16,20H,4H2,1-3H3,(H,24,25)/t15-,16+,20+/m1/s1. The molecule has 0 unspecified atom stereocenters. The van der Waals surface area contributed by atoms with Gasteiger partial charge >= 0.3 is 5.97 Å². The number of hydrogen-bond donors (Lipinski definition) is 1. The minimum atomic E-state index is -0.973. The Bertz CT molecular complexity index is 827. The molecule has 0 heterocycles. The Morgan fingerprint density at radius 2 is 1.70 bits per heavy atom. The van der Waals surface area contributed by atoms with E-state index >= 15 is 0 Å². The molecule has 0 saturated heterocycles. The van der Waals surface area contributed by atoms with Gasteiger partial charge in [-0.15, -0.1) is 0 Å². The SMILES string of the molecule is CC[C@@H](C)[C@H](C(=O)O[C@@H](C)C(=O)Nc1ccccc1C#N)c1ccccc1. The molecule has 5 nitrogen and oxygen atoms in total. The Morgan fingerprint density at radius 3 is 2.33 bits per heavy atom. The van der Waals surface area contributed by atoms with Gasteiger partial charge in [0.1, 0.15) is 6.07 Å². The average Bonchev–Trinajstić information content (AvgIpc) is 2.69. The highest BCUT2D eigenvalue weighted by molar-refractivity contribution is 5.96. The van der Waals surface area contributed by atoms with Crippen LogP contribution in [0.2, 0.25) is 0 Å². The molecule has 1 N–H and O–H groups in total. The fourth-order valence-electron chi connectivity index (χ4n) is 2.82. The van der Waals surface area contributed by atoms with Crippen LogP contribution in [0.4, 0.5) is 5.69 Å². The number of carbonyl (C=O) groups is 2.